The third-order valence-electron chi connectivity index (χ3n) is 3.84. The Balaban J connectivity index is 1.80. The van der Waals surface area contributed by atoms with Crippen LogP contribution in [0.25, 0.3) is 0 Å². The Hall–Kier alpha value is -0.250. The van der Waals surface area contributed by atoms with E-state index in [1.807, 2.05) is 12.1 Å². The van der Waals surface area contributed by atoms with Crippen LogP contribution in [0.3, 0.4) is 0 Å². The molecule has 0 N–H and O–H groups in total. The summed E-state index contributed by atoms with van der Waals surface area (Å²) in [5.74, 6) is 0. The second-order valence-corrected chi connectivity index (χ2v) is 6.16. The summed E-state index contributed by atoms with van der Waals surface area (Å²) in [5.41, 5.74) is 1.28. The van der Waals surface area contributed by atoms with E-state index in [2.05, 4.69) is 31.8 Å². The van der Waals surface area contributed by atoms with Crippen LogP contribution in [0.2, 0.25) is 5.02 Å². The SMILES string of the molecule is Clc1ccc(N2CCN3CCCC3C2)c(Br)c1. The normalized spacial score (nSPS) is 25.1. The smallest absolute Gasteiger partial charge is 0.0512 e. The molecule has 17 heavy (non-hydrogen) atoms. The summed E-state index contributed by atoms with van der Waals surface area (Å²) in [4.78, 5) is 5.10. The topological polar surface area (TPSA) is 6.48 Å². The third-order valence-corrected chi connectivity index (χ3v) is 4.71. The first kappa shape index (κ1) is 11.8. The monoisotopic (exact) mass is 314 g/mol. The van der Waals surface area contributed by atoms with E-state index in [1.54, 1.807) is 0 Å². The lowest BCUT2D eigenvalue weighted by molar-refractivity contribution is 0.231. The van der Waals surface area contributed by atoms with Crippen LogP contribution in [0.4, 0.5) is 5.69 Å². The number of hydrogen-bond acceptors (Lipinski definition) is 2. The van der Waals surface area contributed by atoms with Gasteiger partial charge in [-0.2, -0.15) is 0 Å². The molecule has 0 spiro atoms. The summed E-state index contributed by atoms with van der Waals surface area (Å²) in [6.07, 6.45) is 2.71. The first-order valence-electron chi connectivity index (χ1n) is 6.18. The molecule has 0 aromatic heterocycles. The average Bonchev–Trinajstić information content (AvgIpc) is 2.75. The van der Waals surface area contributed by atoms with Crippen LogP contribution in [0.15, 0.2) is 22.7 Å². The lowest BCUT2D eigenvalue weighted by Crippen LogP contribution is -2.50. The standard InChI is InChI=1S/C13H16BrClN2/c14-12-8-10(15)3-4-13(12)17-7-6-16-5-1-2-11(16)9-17/h3-4,8,11H,1-2,5-7,9H2. The van der Waals surface area contributed by atoms with E-state index in [4.69, 9.17) is 11.6 Å². The van der Waals surface area contributed by atoms with Gasteiger partial charge in [-0.15, -0.1) is 0 Å². The number of hydrogen-bond donors (Lipinski definition) is 0. The van der Waals surface area contributed by atoms with Crippen molar-refractivity contribution in [2.45, 2.75) is 18.9 Å². The van der Waals surface area contributed by atoms with Gasteiger partial charge in [0, 0.05) is 35.2 Å². The number of benzene rings is 1. The zero-order chi connectivity index (χ0) is 11.8. The summed E-state index contributed by atoms with van der Waals surface area (Å²) in [6, 6.07) is 6.84. The molecular weight excluding hydrogens is 300 g/mol. The van der Waals surface area contributed by atoms with Crippen molar-refractivity contribution in [1.29, 1.82) is 0 Å². The number of nitrogens with zero attached hydrogens (tertiary/aromatic N) is 2. The Morgan fingerprint density at radius 3 is 2.94 bits per heavy atom. The molecule has 0 bridgehead atoms. The van der Waals surface area contributed by atoms with E-state index >= 15 is 0 Å². The molecule has 1 aromatic rings. The molecule has 2 nitrogen and oxygen atoms in total. The predicted octanol–water partition coefficient (Wildman–Crippen LogP) is 3.39. The molecule has 4 heteroatoms. The molecule has 0 radical (unpaired) electrons. The van der Waals surface area contributed by atoms with Crippen molar-refractivity contribution in [2.75, 3.05) is 31.1 Å². The Morgan fingerprint density at radius 1 is 1.24 bits per heavy atom. The van der Waals surface area contributed by atoms with Gasteiger partial charge in [0.15, 0.2) is 0 Å². The van der Waals surface area contributed by atoms with Gasteiger partial charge in [0.05, 0.1) is 5.69 Å². The van der Waals surface area contributed by atoms with Gasteiger partial charge in [-0.25, -0.2) is 0 Å². The van der Waals surface area contributed by atoms with E-state index in [9.17, 15) is 0 Å². The highest BCUT2D eigenvalue weighted by Crippen LogP contribution is 2.32. The van der Waals surface area contributed by atoms with Gasteiger partial charge in [-0.3, -0.25) is 4.90 Å². The van der Waals surface area contributed by atoms with Gasteiger partial charge in [0.2, 0.25) is 0 Å². The van der Waals surface area contributed by atoms with Crippen molar-refractivity contribution in [3.05, 3.63) is 27.7 Å². The van der Waals surface area contributed by atoms with E-state index < -0.39 is 0 Å². The van der Waals surface area contributed by atoms with Crippen LogP contribution in [-0.4, -0.2) is 37.1 Å². The summed E-state index contributed by atoms with van der Waals surface area (Å²) in [5, 5.41) is 0.792. The van der Waals surface area contributed by atoms with Crippen LogP contribution in [0, 0.1) is 0 Å². The molecule has 2 saturated heterocycles. The molecule has 92 valence electrons. The fourth-order valence-electron chi connectivity index (χ4n) is 2.95. The maximum absolute atomic E-state index is 5.99. The van der Waals surface area contributed by atoms with Crippen molar-refractivity contribution in [3.63, 3.8) is 0 Å². The van der Waals surface area contributed by atoms with Gasteiger partial charge in [-0.1, -0.05) is 11.6 Å². The number of halogens is 2. The highest BCUT2D eigenvalue weighted by molar-refractivity contribution is 9.10. The van der Waals surface area contributed by atoms with Gasteiger partial charge >= 0.3 is 0 Å². The highest BCUT2D eigenvalue weighted by Gasteiger charge is 2.30. The minimum atomic E-state index is 0.756. The quantitative estimate of drug-likeness (QED) is 0.784. The molecule has 1 aromatic carbocycles. The number of fused-ring (bicyclic) bond motifs is 1. The molecule has 3 rings (SSSR count). The van der Waals surface area contributed by atoms with Gasteiger partial charge in [0.25, 0.3) is 0 Å². The molecule has 2 heterocycles. The lowest BCUT2D eigenvalue weighted by atomic mass is 10.1. The Bertz CT molecular complexity index is 424. The average molecular weight is 316 g/mol. The minimum absolute atomic E-state index is 0.756. The number of piperazine rings is 1. The summed E-state index contributed by atoms with van der Waals surface area (Å²) in [7, 11) is 0. The molecule has 2 aliphatic rings. The molecule has 1 unspecified atom stereocenters. The lowest BCUT2D eigenvalue weighted by Gasteiger charge is -2.39. The van der Waals surface area contributed by atoms with Crippen molar-refractivity contribution < 1.29 is 0 Å². The molecule has 0 saturated carbocycles. The molecule has 1 atom stereocenters. The fraction of sp³-hybridized carbons (Fsp3) is 0.538. The molecule has 0 amide bonds. The molecule has 2 fully saturated rings. The number of rotatable bonds is 1. The number of anilines is 1. The van der Waals surface area contributed by atoms with E-state index in [0.717, 1.165) is 28.6 Å². The first-order chi connectivity index (χ1) is 8.24. The minimum Gasteiger partial charge on any atom is -0.368 e. The van der Waals surface area contributed by atoms with E-state index in [0.29, 0.717) is 0 Å². The zero-order valence-corrected chi connectivity index (χ0v) is 12.0. The highest BCUT2D eigenvalue weighted by atomic mass is 79.9. The molecular formula is C13H16BrClN2. The summed E-state index contributed by atoms with van der Waals surface area (Å²) in [6.45, 7) is 4.76. The van der Waals surface area contributed by atoms with Crippen molar-refractivity contribution in [1.82, 2.24) is 4.90 Å². The van der Waals surface area contributed by atoms with E-state index in [1.165, 1.54) is 31.6 Å². The van der Waals surface area contributed by atoms with Crippen molar-refractivity contribution >= 4 is 33.2 Å². The summed E-state index contributed by atoms with van der Waals surface area (Å²) >= 11 is 9.60. The van der Waals surface area contributed by atoms with Crippen LogP contribution >= 0.6 is 27.5 Å². The zero-order valence-electron chi connectivity index (χ0n) is 9.70. The van der Waals surface area contributed by atoms with Gasteiger partial charge < -0.3 is 4.90 Å². The molecule has 2 aliphatic heterocycles. The van der Waals surface area contributed by atoms with Gasteiger partial charge in [0.1, 0.15) is 0 Å². The van der Waals surface area contributed by atoms with E-state index in [-0.39, 0.29) is 0 Å². The maximum atomic E-state index is 5.99. The van der Waals surface area contributed by atoms with Crippen LogP contribution in [-0.2, 0) is 0 Å². The molecule has 0 aliphatic carbocycles. The van der Waals surface area contributed by atoms with Crippen molar-refractivity contribution in [2.24, 2.45) is 0 Å². The van der Waals surface area contributed by atoms with Crippen molar-refractivity contribution in [3.8, 4) is 0 Å². The second kappa shape index (κ2) is 4.79. The Kier molecular flexibility index (Phi) is 3.33. The fourth-order valence-corrected chi connectivity index (χ4v) is 3.88. The predicted molar refractivity (Wildman–Crippen MR) is 76.0 cm³/mol. The third kappa shape index (κ3) is 2.33. The van der Waals surface area contributed by atoms with Gasteiger partial charge in [-0.05, 0) is 53.5 Å². The maximum Gasteiger partial charge on any atom is 0.0512 e. The van der Waals surface area contributed by atoms with Crippen LogP contribution < -0.4 is 4.90 Å². The largest absolute Gasteiger partial charge is 0.368 e. The summed E-state index contributed by atoms with van der Waals surface area (Å²) < 4.78 is 1.11. The Labute approximate surface area is 116 Å². The van der Waals surface area contributed by atoms with Crippen LogP contribution in [0.1, 0.15) is 12.8 Å². The Morgan fingerprint density at radius 2 is 2.12 bits per heavy atom. The first-order valence-corrected chi connectivity index (χ1v) is 7.35. The second-order valence-electron chi connectivity index (χ2n) is 4.87. The van der Waals surface area contributed by atoms with Crippen LogP contribution in [0.5, 0.6) is 0 Å².